The number of carbonyl (C=O) groups excluding carboxylic acids is 2. The van der Waals surface area contributed by atoms with Crippen LogP contribution >= 0.6 is 0 Å². The Morgan fingerprint density at radius 2 is 1.82 bits per heavy atom. The van der Waals surface area contributed by atoms with Crippen LogP contribution in [-0.4, -0.2) is 61.2 Å². The molecule has 8 heteroatoms. The number of hydrogen-bond acceptors (Lipinski definition) is 4. The predicted molar refractivity (Wildman–Crippen MR) is 109 cm³/mol. The summed E-state index contributed by atoms with van der Waals surface area (Å²) < 4.78 is 5.35. The van der Waals surface area contributed by atoms with Crippen LogP contribution in [0.4, 0.5) is 4.79 Å². The molecule has 1 aromatic rings. The summed E-state index contributed by atoms with van der Waals surface area (Å²) in [4.78, 5) is 29.6. The lowest BCUT2D eigenvalue weighted by molar-refractivity contribution is 0.00700. The van der Waals surface area contributed by atoms with Gasteiger partial charge in [0.1, 0.15) is 5.60 Å². The molecule has 0 atom stereocenters. The van der Waals surface area contributed by atoms with Crippen LogP contribution in [0.15, 0.2) is 29.3 Å². The molecule has 2 amide bonds. The fraction of sp³-hybridized carbons (Fsp3) is 0.550. The standard InChI is InChI=1S/C20H31N5O3/c1-6-22-17(26)15-9-7-14(8-10-15)11-23-18(21-5)24-16-12-25(13-16)19(27)28-20(2,3)4/h7-10,16H,6,11-13H2,1-5H3,(H,22,26)(H2,21,23,24). The molecule has 2 rings (SSSR count). The van der Waals surface area contributed by atoms with Crippen molar-refractivity contribution in [1.29, 1.82) is 0 Å². The lowest BCUT2D eigenvalue weighted by Crippen LogP contribution is -2.63. The van der Waals surface area contributed by atoms with Gasteiger partial charge < -0.3 is 25.6 Å². The molecule has 0 bridgehead atoms. The van der Waals surface area contributed by atoms with E-state index in [1.165, 1.54) is 0 Å². The van der Waals surface area contributed by atoms with E-state index in [2.05, 4.69) is 20.9 Å². The van der Waals surface area contributed by atoms with E-state index >= 15 is 0 Å². The molecule has 0 aromatic heterocycles. The fourth-order valence-electron chi connectivity index (χ4n) is 2.66. The molecule has 1 heterocycles. The van der Waals surface area contributed by atoms with Gasteiger partial charge in [0.15, 0.2) is 5.96 Å². The maximum Gasteiger partial charge on any atom is 0.410 e. The van der Waals surface area contributed by atoms with Crippen molar-refractivity contribution < 1.29 is 14.3 Å². The van der Waals surface area contributed by atoms with E-state index in [4.69, 9.17) is 4.74 Å². The number of hydrogen-bond donors (Lipinski definition) is 3. The lowest BCUT2D eigenvalue weighted by atomic mass is 10.1. The zero-order valence-electron chi connectivity index (χ0n) is 17.3. The van der Waals surface area contributed by atoms with Gasteiger partial charge in [0.05, 0.1) is 6.04 Å². The molecule has 0 radical (unpaired) electrons. The SMILES string of the molecule is CCNC(=O)c1ccc(CNC(=NC)NC2CN(C(=O)OC(C)(C)C)C2)cc1. The number of nitrogens with zero attached hydrogens (tertiary/aromatic N) is 2. The average Bonchev–Trinajstić information content (AvgIpc) is 2.59. The van der Waals surface area contributed by atoms with Crippen molar-refractivity contribution in [2.75, 3.05) is 26.7 Å². The molecule has 28 heavy (non-hydrogen) atoms. The minimum atomic E-state index is -0.486. The summed E-state index contributed by atoms with van der Waals surface area (Å²) in [5, 5.41) is 9.32. The molecular formula is C20H31N5O3. The summed E-state index contributed by atoms with van der Waals surface area (Å²) in [7, 11) is 1.71. The number of carbonyl (C=O) groups is 2. The summed E-state index contributed by atoms with van der Waals surface area (Å²) in [6.45, 7) is 9.81. The number of benzene rings is 1. The number of rotatable bonds is 5. The van der Waals surface area contributed by atoms with Gasteiger partial charge in [-0.1, -0.05) is 12.1 Å². The Hall–Kier alpha value is -2.77. The summed E-state index contributed by atoms with van der Waals surface area (Å²) in [6, 6.07) is 7.58. The summed E-state index contributed by atoms with van der Waals surface area (Å²) in [5.74, 6) is 0.598. The Kier molecular flexibility index (Phi) is 7.25. The van der Waals surface area contributed by atoms with Crippen molar-refractivity contribution in [3.8, 4) is 0 Å². The third-order valence-electron chi connectivity index (χ3n) is 4.11. The second-order valence-corrected chi connectivity index (χ2v) is 7.71. The van der Waals surface area contributed by atoms with E-state index in [1.54, 1.807) is 11.9 Å². The van der Waals surface area contributed by atoms with Crippen molar-refractivity contribution in [3.63, 3.8) is 0 Å². The van der Waals surface area contributed by atoms with E-state index < -0.39 is 5.60 Å². The van der Waals surface area contributed by atoms with E-state index in [0.29, 0.717) is 37.7 Å². The third kappa shape index (κ3) is 6.44. The topological polar surface area (TPSA) is 95.1 Å². The van der Waals surface area contributed by atoms with Crippen LogP contribution in [0.5, 0.6) is 0 Å². The molecule has 1 aliphatic heterocycles. The van der Waals surface area contributed by atoms with Crippen LogP contribution in [0.25, 0.3) is 0 Å². The van der Waals surface area contributed by atoms with Crippen LogP contribution in [0, 0.1) is 0 Å². The summed E-state index contributed by atoms with van der Waals surface area (Å²) >= 11 is 0. The van der Waals surface area contributed by atoms with Crippen molar-refractivity contribution in [2.24, 2.45) is 4.99 Å². The van der Waals surface area contributed by atoms with Gasteiger partial charge in [-0.2, -0.15) is 0 Å². The quantitative estimate of drug-likeness (QED) is 0.527. The number of likely N-dealkylation sites (tertiary alicyclic amines) is 1. The molecule has 0 saturated carbocycles. The van der Waals surface area contributed by atoms with Gasteiger partial charge in [-0.25, -0.2) is 4.79 Å². The van der Waals surface area contributed by atoms with Gasteiger partial charge in [-0.3, -0.25) is 9.79 Å². The largest absolute Gasteiger partial charge is 0.444 e. The minimum absolute atomic E-state index is 0.0704. The number of aliphatic imine (C=N–C) groups is 1. The zero-order chi connectivity index (χ0) is 20.7. The summed E-state index contributed by atoms with van der Waals surface area (Å²) in [6.07, 6.45) is -0.291. The Morgan fingerprint density at radius 1 is 1.18 bits per heavy atom. The maximum absolute atomic E-state index is 12.0. The van der Waals surface area contributed by atoms with Crippen LogP contribution in [0.2, 0.25) is 0 Å². The Bertz CT molecular complexity index is 704. The second kappa shape index (κ2) is 9.43. The highest BCUT2D eigenvalue weighted by Gasteiger charge is 2.34. The molecule has 0 unspecified atom stereocenters. The van der Waals surface area contributed by atoms with Crippen molar-refractivity contribution in [2.45, 2.75) is 45.9 Å². The first-order chi connectivity index (χ1) is 13.2. The predicted octanol–water partition coefficient (Wildman–Crippen LogP) is 1.72. The van der Waals surface area contributed by atoms with Crippen LogP contribution in [-0.2, 0) is 11.3 Å². The van der Waals surface area contributed by atoms with Crippen molar-refractivity contribution >= 4 is 18.0 Å². The number of nitrogens with one attached hydrogen (secondary N) is 3. The van der Waals surface area contributed by atoms with Gasteiger partial charge in [0.2, 0.25) is 0 Å². The highest BCUT2D eigenvalue weighted by molar-refractivity contribution is 5.94. The van der Waals surface area contributed by atoms with Gasteiger partial charge >= 0.3 is 6.09 Å². The van der Waals surface area contributed by atoms with Crippen LogP contribution in [0.1, 0.15) is 43.6 Å². The smallest absolute Gasteiger partial charge is 0.410 e. The van der Waals surface area contributed by atoms with Crippen molar-refractivity contribution in [3.05, 3.63) is 35.4 Å². The highest BCUT2D eigenvalue weighted by Crippen LogP contribution is 2.15. The van der Waals surface area contributed by atoms with Crippen LogP contribution < -0.4 is 16.0 Å². The Morgan fingerprint density at radius 3 is 2.36 bits per heavy atom. The minimum Gasteiger partial charge on any atom is -0.444 e. The number of amides is 2. The highest BCUT2D eigenvalue weighted by atomic mass is 16.6. The van der Waals surface area contributed by atoms with E-state index in [9.17, 15) is 9.59 Å². The molecule has 1 aromatic carbocycles. The van der Waals surface area contributed by atoms with E-state index in [1.807, 2.05) is 52.0 Å². The average molecular weight is 390 g/mol. The second-order valence-electron chi connectivity index (χ2n) is 7.71. The monoisotopic (exact) mass is 389 g/mol. The first kappa shape index (κ1) is 21.5. The molecule has 154 valence electrons. The first-order valence-corrected chi connectivity index (χ1v) is 9.54. The number of guanidine groups is 1. The van der Waals surface area contributed by atoms with Crippen molar-refractivity contribution in [1.82, 2.24) is 20.9 Å². The molecule has 3 N–H and O–H groups in total. The summed E-state index contributed by atoms with van der Waals surface area (Å²) in [5.41, 5.74) is 1.20. The Labute approximate surface area is 166 Å². The van der Waals surface area contributed by atoms with Crippen LogP contribution in [0.3, 0.4) is 0 Å². The number of ether oxygens (including phenoxy) is 1. The maximum atomic E-state index is 12.0. The van der Waals surface area contributed by atoms with Gasteiger partial charge in [-0.15, -0.1) is 0 Å². The molecule has 1 fully saturated rings. The molecule has 1 saturated heterocycles. The zero-order valence-corrected chi connectivity index (χ0v) is 17.3. The normalized spacial score (nSPS) is 14.9. The first-order valence-electron chi connectivity index (χ1n) is 9.54. The van der Waals surface area contributed by atoms with Gasteiger partial charge in [-0.05, 0) is 45.4 Å². The molecular weight excluding hydrogens is 358 g/mol. The molecule has 0 aliphatic carbocycles. The fourth-order valence-corrected chi connectivity index (χ4v) is 2.66. The molecule has 8 nitrogen and oxygen atoms in total. The van der Waals surface area contributed by atoms with Gasteiger partial charge in [0.25, 0.3) is 5.91 Å². The van der Waals surface area contributed by atoms with Gasteiger partial charge in [0, 0.05) is 38.8 Å². The van der Waals surface area contributed by atoms with E-state index in [-0.39, 0.29) is 18.0 Å². The van der Waals surface area contributed by atoms with E-state index in [0.717, 1.165) is 5.56 Å². The lowest BCUT2D eigenvalue weighted by Gasteiger charge is -2.40. The Balaban J connectivity index is 1.75. The molecule has 0 spiro atoms. The third-order valence-corrected chi connectivity index (χ3v) is 4.11. The molecule has 1 aliphatic rings.